The fourth-order valence-electron chi connectivity index (χ4n) is 1.35. The fourth-order valence-corrected chi connectivity index (χ4v) is 2.74. The van der Waals surface area contributed by atoms with Crippen molar-refractivity contribution >= 4 is 15.5 Å². The van der Waals surface area contributed by atoms with Gasteiger partial charge in [0.1, 0.15) is 0 Å². The minimum absolute atomic E-state index is 0.137. The molecule has 1 aliphatic heterocycles. The first-order valence-corrected chi connectivity index (χ1v) is 7.31. The van der Waals surface area contributed by atoms with E-state index in [2.05, 4.69) is 0 Å². The lowest BCUT2D eigenvalue weighted by molar-refractivity contribution is -0.384. The maximum atomic E-state index is 10.8. The maximum Gasteiger partial charge on any atom is 0.269 e. The van der Waals surface area contributed by atoms with Gasteiger partial charge in [-0.05, 0) is 7.05 Å². The normalized spacial score (nSPS) is 18.5. The summed E-state index contributed by atoms with van der Waals surface area (Å²) in [5.74, 6) is 0.674. The fraction of sp³-hybridized carbons (Fsp3) is 0.455. The van der Waals surface area contributed by atoms with Gasteiger partial charge in [-0.2, -0.15) is 0 Å². The van der Waals surface area contributed by atoms with E-state index in [4.69, 9.17) is 0 Å². The summed E-state index contributed by atoms with van der Waals surface area (Å²) in [7, 11) is -0.718. The van der Waals surface area contributed by atoms with Gasteiger partial charge < -0.3 is 4.90 Å². The minimum atomic E-state index is -2.66. The monoisotopic (exact) mass is 272 g/mol. The van der Waals surface area contributed by atoms with Crippen molar-refractivity contribution in [2.75, 3.05) is 31.6 Å². The van der Waals surface area contributed by atoms with E-state index in [9.17, 15) is 18.5 Å². The molecule has 100 valence electrons. The summed E-state index contributed by atoms with van der Waals surface area (Å²) >= 11 is 0. The van der Waals surface area contributed by atoms with Crippen LogP contribution < -0.4 is 0 Å². The Balaban J connectivity index is 0.000000180. The number of non-ortho nitro benzene ring substituents is 1. The Labute approximate surface area is 106 Å². The summed E-state index contributed by atoms with van der Waals surface area (Å²) in [5, 5.41) is 10.0. The van der Waals surface area contributed by atoms with E-state index >= 15 is 0 Å². The predicted octanol–water partition coefficient (Wildman–Crippen LogP) is 0.941. The Morgan fingerprint density at radius 3 is 2.00 bits per heavy atom. The topological polar surface area (TPSA) is 80.5 Å². The highest BCUT2D eigenvalue weighted by Crippen LogP contribution is 2.06. The van der Waals surface area contributed by atoms with E-state index in [1.54, 1.807) is 18.2 Å². The highest BCUT2D eigenvalue weighted by Gasteiger charge is 2.17. The molecule has 0 radical (unpaired) electrons. The lowest BCUT2D eigenvalue weighted by Gasteiger charge is -2.21. The second-order valence-electron chi connectivity index (χ2n) is 4.05. The van der Waals surface area contributed by atoms with Crippen molar-refractivity contribution in [3.8, 4) is 0 Å². The molecule has 1 aromatic carbocycles. The Hall–Kier alpha value is -1.47. The molecule has 1 fully saturated rings. The standard InChI is InChI=1S/C6H5NO2.C5H11NO2S/c8-7(9)6-4-2-1-3-5-6;1-6-2-4-9(7,8)5-3-6/h1-5H;2-5H2,1H3. The predicted molar refractivity (Wildman–Crippen MR) is 69.2 cm³/mol. The molecule has 0 amide bonds. The van der Waals surface area contributed by atoms with E-state index in [1.807, 2.05) is 11.9 Å². The molecule has 0 atom stereocenters. The van der Waals surface area contributed by atoms with Crippen molar-refractivity contribution in [2.45, 2.75) is 0 Å². The molecule has 0 saturated carbocycles. The molecule has 0 bridgehead atoms. The zero-order valence-electron chi connectivity index (χ0n) is 10.2. The molecule has 2 rings (SSSR count). The van der Waals surface area contributed by atoms with Crippen LogP contribution in [0.5, 0.6) is 0 Å². The average molecular weight is 272 g/mol. The van der Waals surface area contributed by atoms with Crippen molar-refractivity contribution < 1.29 is 13.3 Å². The van der Waals surface area contributed by atoms with Crippen molar-refractivity contribution in [1.82, 2.24) is 4.90 Å². The third-order valence-corrected chi connectivity index (χ3v) is 4.14. The van der Waals surface area contributed by atoms with Gasteiger partial charge >= 0.3 is 0 Å². The van der Waals surface area contributed by atoms with Gasteiger partial charge in [0.05, 0.1) is 16.4 Å². The molecular formula is C11H16N2O4S. The zero-order chi connectivity index (χ0) is 13.6. The van der Waals surface area contributed by atoms with Crippen LogP contribution in [-0.4, -0.2) is 49.9 Å². The van der Waals surface area contributed by atoms with Crippen LogP contribution in [0.25, 0.3) is 0 Å². The number of sulfone groups is 1. The van der Waals surface area contributed by atoms with E-state index < -0.39 is 14.8 Å². The third-order valence-electron chi connectivity index (χ3n) is 2.54. The number of para-hydroxylation sites is 1. The van der Waals surface area contributed by atoms with Crippen LogP contribution >= 0.6 is 0 Å². The molecule has 0 aliphatic carbocycles. The molecule has 1 aromatic rings. The highest BCUT2D eigenvalue weighted by molar-refractivity contribution is 7.91. The van der Waals surface area contributed by atoms with Crippen molar-refractivity contribution in [3.05, 3.63) is 40.4 Å². The minimum Gasteiger partial charge on any atom is -0.304 e. The first-order chi connectivity index (χ1) is 8.41. The average Bonchev–Trinajstić information content (AvgIpc) is 2.35. The van der Waals surface area contributed by atoms with Crippen molar-refractivity contribution in [1.29, 1.82) is 0 Å². The molecule has 0 aromatic heterocycles. The second kappa shape index (κ2) is 6.46. The van der Waals surface area contributed by atoms with Crippen LogP contribution in [0.4, 0.5) is 5.69 Å². The summed E-state index contributed by atoms with van der Waals surface area (Å²) in [6.07, 6.45) is 0. The summed E-state index contributed by atoms with van der Waals surface area (Å²) in [5.41, 5.74) is 0.137. The Morgan fingerprint density at radius 2 is 1.67 bits per heavy atom. The molecule has 0 unspecified atom stereocenters. The number of hydrogen-bond donors (Lipinski definition) is 0. The van der Waals surface area contributed by atoms with Gasteiger partial charge in [-0.25, -0.2) is 8.42 Å². The van der Waals surface area contributed by atoms with Crippen LogP contribution in [0.2, 0.25) is 0 Å². The number of hydrogen-bond acceptors (Lipinski definition) is 5. The van der Waals surface area contributed by atoms with E-state index in [1.165, 1.54) is 12.1 Å². The van der Waals surface area contributed by atoms with Crippen LogP contribution in [0, 0.1) is 10.1 Å². The molecule has 7 heteroatoms. The number of nitro benzene ring substituents is 1. The molecule has 1 aliphatic rings. The molecular weight excluding hydrogens is 256 g/mol. The number of nitrogens with zero attached hydrogens (tertiary/aromatic N) is 2. The summed E-state index contributed by atoms with van der Waals surface area (Å²) < 4.78 is 21.5. The van der Waals surface area contributed by atoms with E-state index in [0.29, 0.717) is 24.6 Å². The quantitative estimate of drug-likeness (QED) is 0.561. The first kappa shape index (κ1) is 14.6. The molecule has 6 nitrogen and oxygen atoms in total. The molecule has 1 saturated heterocycles. The summed E-state index contributed by atoms with van der Waals surface area (Å²) in [4.78, 5) is 11.6. The van der Waals surface area contributed by atoms with Gasteiger partial charge in [-0.1, -0.05) is 18.2 Å². The molecule has 0 spiro atoms. The zero-order valence-corrected chi connectivity index (χ0v) is 11.0. The number of rotatable bonds is 1. The smallest absolute Gasteiger partial charge is 0.269 e. The van der Waals surface area contributed by atoms with Crippen molar-refractivity contribution in [3.63, 3.8) is 0 Å². The van der Waals surface area contributed by atoms with Crippen LogP contribution in [0.1, 0.15) is 0 Å². The van der Waals surface area contributed by atoms with Gasteiger partial charge in [-0.3, -0.25) is 10.1 Å². The number of benzene rings is 1. The number of nitro groups is 1. The van der Waals surface area contributed by atoms with Gasteiger partial charge in [0.15, 0.2) is 9.84 Å². The maximum absolute atomic E-state index is 10.8. The van der Waals surface area contributed by atoms with Gasteiger partial charge in [0.2, 0.25) is 0 Å². The molecule has 18 heavy (non-hydrogen) atoms. The second-order valence-corrected chi connectivity index (χ2v) is 6.35. The van der Waals surface area contributed by atoms with Gasteiger partial charge in [0, 0.05) is 25.2 Å². The first-order valence-electron chi connectivity index (χ1n) is 5.49. The Morgan fingerprint density at radius 1 is 1.17 bits per heavy atom. The lowest BCUT2D eigenvalue weighted by Crippen LogP contribution is -2.37. The molecule has 0 N–H and O–H groups in total. The third kappa shape index (κ3) is 5.24. The van der Waals surface area contributed by atoms with Crippen LogP contribution in [0.3, 0.4) is 0 Å². The SMILES string of the molecule is CN1CCS(=O)(=O)CC1.O=[N+]([O-])c1ccccc1. The van der Waals surface area contributed by atoms with Gasteiger partial charge in [-0.15, -0.1) is 0 Å². The van der Waals surface area contributed by atoms with Gasteiger partial charge in [0.25, 0.3) is 5.69 Å². The Bertz CT molecular complexity index is 473. The highest BCUT2D eigenvalue weighted by atomic mass is 32.2. The lowest BCUT2D eigenvalue weighted by atomic mass is 10.3. The van der Waals surface area contributed by atoms with Crippen LogP contribution in [0.15, 0.2) is 30.3 Å². The van der Waals surface area contributed by atoms with Crippen molar-refractivity contribution in [2.24, 2.45) is 0 Å². The largest absolute Gasteiger partial charge is 0.304 e. The van der Waals surface area contributed by atoms with E-state index in [-0.39, 0.29) is 5.69 Å². The Kier molecular flexibility index (Phi) is 5.24. The summed E-state index contributed by atoms with van der Waals surface area (Å²) in [6, 6.07) is 7.93. The van der Waals surface area contributed by atoms with Crippen LogP contribution in [-0.2, 0) is 9.84 Å². The molecule has 1 heterocycles. The van der Waals surface area contributed by atoms with E-state index in [0.717, 1.165) is 0 Å². The summed E-state index contributed by atoms with van der Waals surface area (Å²) in [6.45, 7) is 1.39.